The molecule has 72 valence electrons. The summed E-state index contributed by atoms with van der Waals surface area (Å²) < 4.78 is 5.39. The third kappa shape index (κ3) is 2.46. The van der Waals surface area contributed by atoms with E-state index >= 15 is 0 Å². The molecule has 0 heterocycles. The molecule has 1 rings (SSSR count). The van der Waals surface area contributed by atoms with Crippen molar-refractivity contribution in [2.75, 3.05) is 7.11 Å². The molecule has 0 radical (unpaired) electrons. The molecule has 1 aliphatic rings. The molecule has 1 saturated carbocycles. The Kier molecular flexibility index (Phi) is 4.02. The first-order valence-electron chi connectivity index (χ1n) is 4.98. The minimum Gasteiger partial charge on any atom is -0.393 e. The van der Waals surface area contributed by atoms with Crippen molar-refractivity contribution in [3.8, 4) is 0 Å². The van der Waals surface area contributed by atoms with E-state index in [2.05, 4.69) is 6.92 Å². The Morgan fingerprint density at radius 3 is 2.75 bits per heavy atom. The highest BCUT2D eigenvalue weighted by Crippen LogP contribution is 2.29. The van der Waals surface area contributed by atoms with Crippen LogP contribution < -0.4 is 0 Å². The van der Waals surface area contributed by atoms with Crippen molar-refractivity contribution < 1.29 is 9.84 Å². The maximum absolute atomic E-state index is 9.46. The molecule has 0 aromatic carbocycles. The molecule has 3 unspecified atom stereocenters. The smallest absolute Gasteiger partial charge is 0.0601 e. The van der Waals surface area contributed by atoms with Gasteiger partial charge in [-0.05, 0) is 31.6 Å². The Morgan fingerprint density at radius 2 is 2.17 bits per heavy atom. The molecule has 3 atom stereocenters. The first kappa shape index (κ1) is 10.0. The van der Waals surface area contributed by atoms with Gasteiger partial charge in [-0.1, -0.05) is 13.3 Å². The summed E-state index contributed by atoms with van der Waals surface area (Å²) in [6, 6.07) is 0. The largest absolute Gasteiger partial charge is 0.393 e. The third-order valence-corrected chi connectivity index (χ3v) is 2.85. The molecule has 0 spiro atoms. The maximum atomic E-state index is 9.46. The van der Waals surface area contributed by atoms with Crippen LogP contribution in [0.25, 0.3) is 0 Å². The van der Waals surface area contributed by atoms with Crippen LogP contribution in [0.4, 0.5) is 0 Å². The molecule has 2 heteroatoms. The predicted octanol–water partition coefficient (Wildman–Crippen LogP) is 1.96. The van der Waals surface area contributed by atoms with E-state index in [1.807, 2.05) is 0 Å². The van der Waals surface area contributed by atoms with E-state index in [4.69, 9.17) is 4.74 Å². The molecule has 0 amide bonds. The van der Waals surface area contributed by atoms with Gasteiger partial charge in [-0.15, -0.1) is 0 Å². The van der Waals surface area contributed by atoms with Gasteiger partial charge in [0, 0.05) is 7.11 Å². The van der Waals surface area contributed by atoms with E-state index in [0.717, 1.165) is 19.3 Å². The van der Waals surface area contributed by atoms with Crippen LogP contribution in [-0.4, -0.2) is 24.4 Å². The quantitative estimate of drug-likeness (QED) is 0.705. The zero-order chi connectivity index (χ0) is 8.97. The second-order valence-corrected chi connectivity index (χ2v) is 3.79. The molecule has 0 aromatic heterocycles. The summed E-state index contributed by atoms with van der Waals surface area (Å²) >= 11 is 0. The lowest BCUT2D eigenvalue weighted by Gasteiger charge is -2.33. The van der Waals surface area contributed by atoms with E-state index in [1.54, 1.807) is 7.11 Å². The zero-order valence-electron chi connectivity index (χ0n) is 8.12. The van der Waals surface area contributed by atoms with Crippen molar-refractivity contribution in [2.45, 2.75) is 51.2 Å². The van der Waals surface area contributed by atoms with Gasteiger partial charge < -0.3 is 9.84 Å². The second kappa shape index (κ2) is 4.83. The zero-order valence-corrected chi connectivity index (χ0v) is 8.12. The highest BCUT2D eigenvalue weighted by atomic mass is 16.5. The average Bonchev–Trinajstić information content (AvgIpc) is 2.05. The number of aliphatic hydroxyl groups excluding tert-OH is 1. The normalized spacial score (nSPS) is 36.8. The Hall–Kier alpha value is -0.0800. The fourth-order valence-corrected chi connectivity index (χ4v) is 2.20. The van der Waals surface area contributed by atoms with E-state index in [-0.39, 0.29) is 6.10 Å². The van der Waals surface area contributed by atoms with Gasteiger partial charge in [0.25, 0.3) is 0 Å². The maximum Gasteiger partial charge on any atom is 0.0601 e. The summed E-state index contributed by atoms with van der Waals surface area (Å²) in [5, 5.41) is 9.46. The Labute approximate surface area is 74.9 Å². The highest BCUT2D eigenvalue weighted by molar-refractivity contribution is 4.79. The Balaban J connectivity index is 2.40. The Bertz CT molecular complexity index is 125. The van der Waals surface area contributed by atoms with Crippen LogP contribution in [-0.2, 0) is 4.74 Å². The van der Waals surface area contributed by atoms with Crippen LogP contribution >= 0.6 is 0 Å². The molecule has 2 nitrogen and oxygen atoms in total. The first-order chi connectivity index (χ1) is 5.77. The number of rotatable bonds is 3. The van der Waals surface area contributed by atoms with E-state index in [9.17, 15) is 5.11 Å². The number of aliphatic hydroxyl groups is 1. The van der Waals surface area contributed by atoms with E-state index in [1.165, 1.54) is 12.8 Å². The molecular formula is C10H20O2. The summed E-state index contributed by atoms with van der Waals surface area (Å²) in [6.07, 6.45) is 5.58. The number of hydrogen-bond acceptors (Lipinski definition) is 2. The van der Waals surface area contributed by atoms with Crippen molar-refractivity contribution in [3.05, 3.63) is 0 Å². The van der Waals surface area contributed by atoms with Gasteiger partial charge in [0.15, 0.2) is 0 Å². The van der Waals surface area contributed by atoms with Gasteiger partial charge in [-0.3, -0.25) is 0 Å². The summed E-state index contributed by atoms with van der Waals surface area (Å²) in [5.41, 5.74) is 0. The van der Waals surface area contributed by atoms with Gasteiger partial charge in [0.05, 0.1) is 12.2 Å². The van der Waals surface area contributed by atoms with E-state index < -0.39 is 0 Å². The van der Waals surface area contributed by atoms with Crippen LogP contribution in [0.1, 0.15) is 39.0 Å². The molecule has 1 aliphatic carbocycles. The van der Waals surface area contributed by atoms with Crippen molar-refractivity contribution in [2.24, 2.45) is 5.92 Å². The molecule has 1 fully saturated rings. The molecular weight excluding hydrogens is 152 g/mol. The molecule has 0 aliphatic heterocycles. The van der Waals surface area contributed by atoms with Gasteiger partial charge in [0.1, 0.15) is 0 Å². The van der Waals surface area contributed by atoms with Crippen LogP contribution in [0.3, 0.4) is 0 Å². The lowest BCUT2D eigenvalue weighted by Crippen LogP contribution is -2.32. The molecule has 1 N–H and O–H groups in total. The Morgan fingerprint density at radius 1 is 1.42 bits per heavy atom. The van der Waals surface area contributed by atoms with Gasteiger partial charge in [0.2, 0.25) is 0 Å². The molecule has 0 aromatic rings. The highest BCUT2D eigenvalue weighted by Gasteiger charge is 2.28. The van der Waals surface area contributed by atoms with Crippen molar-refractivity contribution in [1.82, 2.24) is 0 Å². The van der Waals surface area contributed by atoms with Crippen LogP contribution in [0, 0.1) is 5.92 Å². The standard InChI is InChI=1S/C10H20O2/c1-3-4-8-7-9(11)5-6-10(8)12-2/h8-11H,3-7H2,1-2H3. The van der Waals surface area contributed by atoms with Crippen LogP contribution in [0.5, 0.6) is 0 Å². The van der Waals surface area contributed by atoms with Crippen molar-refractivity contribution in [3.63, 3.8) is 0 Å². The monoisotopic (exact) mass is 172 g/mol. The second-order valence-electron chi connectivity index (χ2n) is 3.79. The molecule has 12 heavy (non-hydrogen) atoms. The summed E-state index contributed by atoms with van der Waals surface area (Å²) in [7, 11) is 1.78. The summed E-state index contributed by atoms with van der Waals surface area (Å²) in [5.74, 6) is 0.587. The lowest BCUT2D eigenvalue weighted by molar-refractivity contribution is -0.0225. The number of ether oxygens (including phenoxy) is 1. The summed E-state index contributed by atoms with van der Waals surface area (Å²) in [4.78, 5) is 0. The minimum atomic E-state index is -0.0760. The predicted molar refractivity (Wildman–Crippen MR) is 49.1 cm³/mol. The number of methoxy groups -OCH3 is 1. The number of hydrogen-bond donors (Lipinski definition) is 1. The fraction of sp³-hybridized carbons (Fsp3) is 1.00. The molecule has 0 saturated heterocycles. The average molecular weight is 172 g/mol. The van der Waals surface area contributed by atoms with Crippen molar-refractivity contribution >= 4 is 0 Å². The third-order valence-electron chi connectivity index (χ3n) is 2.85. The van der Waals surface area contributed by atoms with Gasteiger partial charge in [-0.25, -0.2) is 0 Å². The first-order valence-corrected chi connectivity index (χ1v) is 4.98. The van der Waals surface area contributed by atoms with Crippen LogP contribution in [0.15, 0.2) is 0 Å². The van der Waals surface area contributed by atoms with Crippen molar-refractivity contribution in [1.29, 1.82) is 0 Å². The summed E-state index contributed by atoms with van der Waals surface area (Å²) in [6.45, 7) is 2.19. The fourth-order valence-electron chi connectivity index (χ4n) is 2.20. The van der Waals surface area contributed by atoms with Crippen LogP contribution in [0.2, 0.25) is 0 Å². The lowest BCUT2D eigenvalue weighted by atomic mass is 9.82. The van der Waals surface area contributed by atoms with Gasteiger partial charge >= 0.3 is 0 Å². The van der Waals surface area contributed by atoms with Gasteiger partial charge in [-0.2, -0.15) is 0 Å². The van der Waals surface area contributed by atoms with E-state index in [0.29, 0.717) is 12.0 Å². The topological polar surface area (TPSA) is 29.5 Å². The molecule has 0 bridgehead atoms. The SMILES string of the molecule is CCCC1CC(O)CCC1OC. The minimum absolute atomic E-state index is 0.0760.